The maximum absolute atomic E-state index is 14.0. The Hall–Kier alpha value is -1.54. The summed E-state index contributed by atoms with van der Waals surface area (Å²) in [4.78, 5) is 10.0. The zero-order chi connectivity index (χ0) is 15.6. The van der Waals surface area contributed by atoms with Crippen LogP contribution >= 0.6 is 0 Å². The molecule has 0 atom stereocenters. The summed E-state index contributed by atoms with van der Waals surface area (Å²) in [5.74, 6) is -5.17. The molecule has 0 aliphatic carbocycles. The average Bonchev–Trinajstić information content (AvgIpc) is 2.38. The first-order valence-corrected chi connectivity index (χ1v) is 8.00. The van der Waals surface area contributed by atoms with Gasteiger partial charge in [0.1, 0.15) is 16.3 Å². The Morgan fingerprint density at radius 2 is 1.90 bits per heavy atom. The normalized spacial score (nSPS) is 16.9. The molecule has 0 unspecified atom stereocenters. The molecule has 0 bridgehead atoms. The Morgan fingerprint density at radius 1 is 1.29 bits per heavy atom. The standard InChI is InChI=1S/C13H14F2O5S/c14-9-1-2-10(12(15)11(9)13(16)17)21(18,19)7-8-3-5-20-6-4-8/h1-2,8H,3-7H2,(H,16,17). The number of halogens is 2. The molecule has 1 N–H and O–H groups in total. The maximum atomic E-state index is 14.0. The van der Waals surface area contributed by atoms with Gasteiger partial charge < -0.3 is 9.84 Å². The Balaban J connectivity index is 2.36. The number of benzene rings is 1. The van der Waals surface area contributed by atoms with E-state index < -0.39 is 37.9 Å². The number of sulfone groups is 1. The molecule has 1 fully saturated rings. The van der Waals surface area contributed by atoms with Crippen molar-refractivity contribution in [1.29, 1.82) is 0 Å². The lowest BCUT2D eigenvalue weighted by Crippen LogP contribution is -2.24. The lowest BCUT2D eigenvalue weighted by atomic mass is 10.0. The molecule has 0 radical (unpaired) electrons. The van der Waals surface area contributed by atoms with Gasteiger partial charge in [0.25, 0.3) is 0 Å². The van der Waals surface area contributed by atoms with Crippen LogP contribution in [0.5, 0.6) is 0 Å². The van der Waals surface area contributed by atoms with Gasteiger partial charge >= 0.3 is 5.97 Å². The van der Waals surface area contributed by atoms with Gasteiger partial charge in [0.2, 0.25) is 0 Å². The van der Waals surface area contributed by atoms with Crippen LogP contribution in [0.3, 0.4) is 0 Å². The summed E-state index contributed by atoms with van der Waals surface area (Å²) >= 11 is 0. The largest absolute Gasteiger partial charge is 0.477 e. The zero-order valence-corrected chi connectivity index (χ0v) is 11.8. The molecule has 1 heterocycles. The van der Waals surface area contributed by atoms with Crippen LogP contribution in [0.25, 0.3) is 0 Å². The molecular formula is C13H14F2O5S. The highest BCUT2D eigenvalue weighted by Crippen LogP contribution is 2.26. The quantitative estimate of drug-likeness (QED) is 0.857. The van der Waals surface area contributed by atoms with Crippen LogP contribution in [-0.4, -0.2) is 38.5 Å². The van der Waals surface area contributed by atoms with Crippen LogP contribution in [0, 0.1) is 17.6 Å². The Kier molecular flexibility index (Phi) is 4.58. The van der Waals surface area contributed by atoms with Crippen molar-refractivity contribution in [1.82, 2.24) is 0 Å². The van der Waals surface area contributed by atoms with Crippen molar-refractivity contribution in [2.75, 3.05) is 19.0 Å². The number of rotatable bonds is 4. The first-order valence-electron chi connectivity index (χ1n) is 6.34. The molecule has 1 aromatic carbocycles. The van der Waals surface area contributed by atoms with Crippen molar-refractivity contribution in [2.45, 2.75) is 17.7 Å². The molecule has 1 aliphatic heterocycles. The van der Waals surface area contributed by atoms with Gasteiger partial charge in [0.05, 0.1) is 5.75 Å². The van der Waals surface area contributed by atoms with Gasteiger partial charge in [-0.25, -0.2) is 22.0 Å². The number of carboxylic acid groups (broad SMARTS) is 1. The second-order valence-corrected chi connectivity index (χ2v) is 6.88. The van der Waals surface area contributed by atoms with Gasteiger partial charge in [-0.2, -0.15) is 0 Å². The Morgan fingerprint density at radius 3 is 2.48 bits per heavy atom. The average molecular weight is 320 g/mol. The third-order valence-electron chi connectivity index (χ3n) is 3.40. The third kappa shape index (κ3) is 3.38. The number of ether oxygens (including phenoxy) is 1. The summed E-state index contributed by atoms with van der Waals surface area (Å²) < 4.78 is 56.8. The topological polar surface area (TPSA) is 80.7 Å². The highest BCUT2D eigenvalue weighted by Gasteiger charge is 2.29. The maximum Gasteiger partial charge on any atom is 0.341 e. The predicted molar refractivity (Wildman–Crippen MR) is 68.9 cm³/mol. The zero-order valence-electron chi connectivity index (χ0n) is 11.0. The summed E-state index contributed by atoms with van der Waals surface area (Å²) in [6.45, 7) is 0.874. The van der Waals surface area contributed by atoms with Crippen molar-refractivity contribution >= 4 is 15.8 Å². The van der Waals surface area contributed by atoms with E-state index >= 15 is 0 Å². The molecule has 21 heavy (non-hydrogen) atoms. The predicted octanol–water partition coefficient (Wildman–Crippen LogP) is 1.86. The SMILES string of the molecule is O=C(O)c1c(F)ccc(S(=O)(=O)CC2CCOCC2)c1F. The molecular weight excluding hydrogens is 306 g/mol. The van der Waals surface area contributed by atoms with Gasteiger partial charge in [-0.3, -0.25) is 0 Å². The molecule has 1 aromatic rings. The van der Waals surface area contributed by atoms with Gasteiger partial charge in [-0.1, -0.05) is 0 Å². The molecule has 5 nitrogen and oxygen atoms in total. The number of carbonyl (C=O) groups is 1. The molecule has 0 aromatic heterocycles. The van der Waals surface area contributed by atoms with Crippen LogP contribution in [-0.2, 0) is 14.6 Å². The lowest BCUT2D eigenvalue weighted by Gasteiger charge is -2.21. The number of aromatic carboxylic acids is 1. The minimum atomic E-state index is -4.02. The van der Waals surface area contributed by atoms with Crippen molar-refractivity contribution in [3.63, 3.8) is 0 Å². The molecule has 1 saturated heterocycles. The summed E-state index contributed by atoms with van der Waals surface area (Å²) in [6.07, 6.45) is 1.07. The first kappa shape index (κ1) is 15.8. The van der Waals surface area contributed by atoms with Crippen LogP contribution in [0.2, 0.25) is 0 Å². The molecule has 0 saturated carbocycles. The minimum Gasteiger partial charge on any atom is -0.477 e. The third-order valence-corrected chi connectivity index (χ3v) is 5.30. The van der Waals surface area contributed by atoms with Crippen LogP contribution in [0.15, 0.2) is 17.0 Å². The van der Waals surface area contributed by atoms with Gasteiger partial charge in [0, 0.05) is 13.2 Å². The van der Waals surface area contributed by atoms with E-state index in [4.69, 9.17) is 9.84 Å². The highest BCUT2D eigenvalue weighted by atomic mass is 32.2. The van der Waals surface area contributed by atoms with Crippen LogP contribution in [0.4, 0.5) is 8.78 Å². The second kappa shape index (κ2) is 6.07. The fourth-order valence-electron chi connectivity index (χ4n) is 2.28. The van der Waals surface area contributed by atoms with E-state index in [0.29, 0.717) is 32.1 Å². The van der Waals surface area contributed by atoms with E-state index in [9.17, 15) is 22.0 Å². The molecule has 1 aliphatic rings. The van der Waals surface area contributed by atoms with E-state index in [1.165, 1.54) is 0 Å². The van der Waals surface area contributed by atoms with Crippen molar-refractivity contribution in [3.8, 4) is 0 Å². The summed E-state index contributed by atoms with van der Waals surface area (Å²) in [6, 6.07) is 1.43. The van der Waals surface area contributed by atoms with Gasteiger partial charge in [-0.05, 0) is 30.9 Å². The molecule has 2 rings (SSSR count). The van der Waals surface area contributed by atoms with Crippen molar-refractivity contribution < 1.29 is 31.8 Å². The highest BCUT2D eigenvalue weighted by molar-refractivity contribution is 7.91. The number of carboxylic acids is 1. The Labute approximate surface area is 120 Å². The van der Waals surface area contributed by atoms with Gasteiger partial charge in [-0.15, -0.1) is 0 Å². The van der Waals surface area contributed by atoms with Gasteiger partial charge in [0.15, 0.2) is 15.7 Å². The Bertz CT molecular complexity index is 651. The lowest BCUT2D eigenvalue weighted by molar-refractivity contribution is 0.0685. The number of hydrogen-bond acceptors (Lipinski definition) is 4. The summed E-state index contributed by atoms with van der Waals surface area (Å²) in [5, 5.41) is 8.77. The minimum absolute atomic E-state index is 0.179. The smallest absolute Gasteiger partial charge is 0.341 e. The number of hydrogen-bond donors (Lipinski definition) is 1. The van der Waals surface area contributed by atoms with Crippen LogP contribution in [0.1, 0.15) is 23.2 Å². The monoisotopic (exact) mass is 320 g/mol. The van der Waals surface area contributed by atoms with E-state index in [1.54, 1.807) is 0 Å². The van der Waals surface area contributed by atoms with E-state index in [1.807, 2.05) is 0 Å². The molecule has 0 amide bonds. The van der Waals surface area contributed by atoms with Crippen molar-refractivity contribution in [2.24, 2.45) is 5.92 Å². The van der Waals surface area contributed by atoms with Crippen LogP contribution < -0.4 is 0 Å². The fourth-order valence-corrected chi connectivity index (χ4v) is 4.07. The summed E-state index contributed by atoms with van der Waals surface area (Å²) in [5.41, 5.74) is -1.25. The summed E-state index contributed by atoms with van der Waals surface area (Å²) in [7, 11) is -4.02. The first-order chi connectivity index (χ1) is 9.83. The molecule has 116 valence electrons. The molecule has 0 spiro atoms. The van der Waals surface area contributed by atoms with E-state index in [-0.39, 0.29) is 11.7 Å². The van der Waals surface area contributed by atoms with E-state index in [0.717, 1.165) is 6.07 Å². The van der Waals surface area contributed by atoms with E-state index in [2.05, 4.69) is 0 Å². The fraction of sp³-hybridized carbons (Fsp3) is 0.462. The van der Waals surface area contributed by atoms with Crippen molar-refractivity contribution in [3.05, 3.63) is 29.3 Å². The second-order valence-electron chi connectivity index (χ2n) is 4.88. The molecule has 8 heteroatoms.